The SMILES string of the molecule is CCc1ccc(C(N)c2cccc(Br)c2)cc1CC. The Labute approximate surface area is 124 Å². The molecule has 0 spiro atoms. The van der Waals surface area contributed by atoms with Crippen LogP contribution in [0.25, 0.3) is 0 Å². The van der Waals surface area contributed by atoms with E-state index in [0.29, 0.717) is 0 Å². The summed E-state index contributed by atoms with van der Waals surface area (Å²) in [5.41, 5.74) is 11.5. The van der Waals surface area contributed by atoms with Crippen LogP contribution < -0.4 is 5.73 Å². The van der Waals surface area contributed by atoms with Crippen LogP contribution >= 0.6 is 15.9 Å². The number of nitrogens with two attached hydrogens (primary N) is 1. The molecule has 0 aliphatic carbocycles. The Kier molecular flexibility index (Phi) is 4.78. The third kappa shape index (κ3) is 3.26. The summed E-state index contributed by atoms with van der Waals surface area (Å²) < 4.78 is 1.07. The maximum Gasteiger partial charge on any atom is 0.0552 e. The van der Waals surface area contributed by atoms with Gasteiger partial charge in [-0.25, -0.2) is 0 Å². The lowest BCUT2D eigenvalue weighted by Crippen LogP contribution is -2.12. The van der Waals surface area contributed by atoms with Crippen molar-refractivity contribution in [2.75, 3.05) is 0 Å². The molecule has 1 unspecified atom stereocenters. The number of rotatable bonds is 4. The van der Waals surface area contributed by atoms with Crippen molar-refractivity contribution < 1.29 is 0 Å². The second kappa shape index (κ2) is 6.36. The van der Waals surface area contributed by atoms with Crippen LogP contribution in [0.2, 0.25) is 0 Å². The topological polar surface area (TPSA) is 26.0 Å². The van der Waals surface area contributed by atoms with Gasteiger partial charge in [0.25, 0.3) is 0 Å². The monoisotopic (exact) mass is 317 g/mol. The van der Waals surface area contributed by atoms with Gasteiger partial charge in [-0.15, -0.1) is 0 Å². The van der Waals surface area contributed by atoms with Crippen LogP contribution in [0.1, 0.15) is 42.1 Å². The normalized spacial score (nSPS) is 12.4. The molecule has 0 saturated carbocycles. The van der Waals surface area contributed by atoms with E-state index in [9.17, 15) is 0 Å². The lowest BCUT2D eigenvalue weighted by molar-refractivity contribution is 0.862. The van der Waals surface area contributed by atoms with Gasteiger partial charge in [0.1, 0.15) is 0 Å². The first-order chi connectivity index (χ1) is 9.15. The lowest BCUT2D eigenvalue weighted by Gasteiger charge is -2.16. The molecular formula is C17H20BrN. The van der Waals surface area contributed by atoms with E-state index in [2.05, 4.69) is 60.1 Å². The molecule has 19 heavy (non-hydrogen) atoms. The molecule has 100 valence electrons. The summed E-state index contributed by atoms with van der Waals surface area (Å²) in [5, 5.41) is 0. The van der Waals surface area contributed by atoms with Crippen LogP contribution in [0.15, 0.2) is 46.9 Å². The summed E-state index contributed by atoms with van der Waals surface area (Å²) in [4.78, 5) is 0. The largest absolute Gasteiger partial charge is 0.320 e. The number of hydrogen-bond donors (Lipinski definition) is 1. The zero-order chi connectivity index (χ0) is 13.8. The van der Waals surface area contributed by atoms with Crippen LogP contribution in [-0.2, 0) is 12.8 Å². The lowest BCUT2D eigenvalue weighted by atomic mass is 9.94. The van der Waals surface area contributed by atoms with Gasteiger partial charge in [-0.3, -0.25) is 0 Å². The average Bonchev–Trinajstić information content (AvgIpc) is 2.45. The number of hydrogen-bond acceptors (Lipinski definition) is 1. The summed E-state index contributed by atoms with van der Waals surface area (Å²) in [6, 6.07) is 14.8. The van der Waals surface area contributed by atoms with Gasteiger partial charge in [-0.2, -0.15) is 0 Å². The van der Waals surface area contributed by atoms with E-state index in [-0.39, 0.29) is 6.04 Å². The van der Waals surface area contributed by atoms with Crippen molar-refractivity contribution in [1.29, 1.82) is 0 Å². The Morgan fingerprint density at radius 1 is 0.947 bits per heavy atom. The fourth-order valence-electron chi connectivity index (χ4n) is 2.41. The van der Waals surface area contributed by atoms with Gasteiger partial charge in [0.2, 0.25) is 0 Å². The Hall–Kier alpha value is -1.12. The second-order valence-electron chi connectivity index (χ2n) is 4.77. The zero-order valence-electron chi connectivity index (χ0n) is 11.5. The van der Waals surface area contributed by atoms with Crippen molar-refractivity contribution in [3.05, 3.63) is 69.2 Å². The first-order valence-corrected chi connectivity index (χ1v) is 7.57. The van der Waals surface area contributed by atoms with E-state index >= 15 is 0 Å². The molecule has 0 aromatic heterocycles. The molecule has 1 atom stereocenters. The van der Waals surface area contributed by atoms with Gasteiger partial charge >= 0.3 is 0 Å². The molecule has 2 heteroatoms. The average molecular weight is 318 g/mol. The molecular weight excluding hydrogens is 298 g/mol. The third-order valence-corrected chi connectivity index (χ3v) is 4.05. The highest BCUT2D eigenvalue weighted by molar-refractivity contribution is 9.10. The standard InChI is InChI=1S/C17H20BrN/c1-3-12-8-9-15(10-13(12)4-2)17(19)14-6-5-7-16(18)11-14/h5-11,17H,3-4,19H2,1-2H3. The summed E-state index contributed by atoms with van der Waals surface area (Å²) in [5.74, 6) is 0. The van der Waals surface area contributed by atoms with Crippen molar-refractivity contribution >= 4 is 15.9 Å². The summed E-state index contributed by atoms with van der Waals surface area (Å²) in [6.07, 6.45) is 2.14. The molecule has 0 aliphatic heterocycles. The molecule has 0 amide bonds. The molecule has 0 saturated heterocycles. The van der Waals surface area contributed by atoms with E-state index in [1.807, 2.05) is 12.1 Å². The summed E-state index contributed by atoms with van der Waals surface area (Å²) in [6.45, 7) is 4.39. The molecule has 1 nitrogen and oxygen atoms in total. The first-order valence-electron chi connectivity index (χ1n) is 6.78. The first kappa shape index (κ1) is 14.3. The van der Waals surface area contributed by atoms with E-state index in [1.165, 1.54) is 16.7 Å². The highest BCUT2D eigenvalue weighted by atomic mass is 79.9. The minimum atomic E-state index is -0.0614. The number of aryl methyl sites for hydroxylation is 2. The minimum absolute atomic E-state index is 0.0614. The molecule has 0 aliphatic rings. The fourth-order valence-corrected chi connectivity index (χ4v) is 2.82. The Morgan fingerprint density at radius 3 is 2.26 bits per heavy atom. The Morgan fingerprint density at radius 2 is 1.63 bits per heavy atom. The van der Waals surface area contributed by atoms with Gasteiger partial charge in [0, 0.05) is 4.47 Å². The second-order valence-corrected chi connectivity index (χ2v) is 5.68. The van der Waals surface area contributed by atoms with Crippen LogP contribution in [0.5, 0.6) is 0 Å². The van der Waals surface area contributed by atoms with Gasteiger partial charge in [0.05, 0.1) is 6.04 Å². The van der Waals surface area contributed by atoms with E-state index < -0.39 is 0 Å². The van der Waals surface area contributed by atoms with Crippen molar-refractivity contribution in [3.63, 3.8) is 0 Å². The molecule has 0 radical (unpaired) electrons. The van der Waals surface area contributed by atoms with E-state index in [1.54, 1.807) is 0 Å². The van der Waals surface area contributed by atoms with Crippen molar-refractivity contribution in [3.8, 4) is 0 Å². The van der Waals surface area contributed by atoms with Gasteiger partial charge in [-0.05, 0) is 47.2 Å². The predicted molar refractivity (Wildman–Crippen MR) is 85.4 cm³/mol. The van der Waals surface area contributed by atoms with Crippen LogP contribution in [0.3, 0.4) is 0 Å². The van der Waals surface area contributed by atoms with E-state index in [4.69, 9.17) is 5.73 Å². The Bertz CT molecular complexity index is 563. The Balaban J connectivity index is 2.36. The molecule has 2 rings (SSSR count). The molecule has 0 fully saturated rings. The minimum Gasteiger partial charge on any atom is -0.320 e. The fraction of sp³-hybridized carbons (Fsp3) is 0.294. The zero-order valence-corrected chi connectivity index (χ0v) is 13.1. The van der Waals surface area contributed by atoms with Crippen molar-refractivity contribution in [2.24, 2.45) is 5.73 Å². The molecule has 2 aromatic rings. The van der Waals surface area contributed by atoms with Crippen LogP contribution in [0.4, 0.5) is 0 Å². The number of benzene rings is 2. The van der Waals surface area contributed by atoms with E-state index in [0.717, 1.165) is 22.9 Å². The van der Waals surface area contributed by atoms with Gasteiger partial charge in [-0.1, -0.05) is 60.1 Å². The van der Waals surface area contributed by atoms with Crippen LogP contribution in [0, 0.1) is 0 Å². The smallest absolute Gasteiger partial charge is 0.0552 e. The third-order valence-electron chi connectivity index (χ3n) is 3.56. The highest BCUT2D eigenvalue weighted by Crippen LogP contribution is 2.24. The van der Waals surface area contributed by atoms with Crippen LogP contribution in [-0.4, -0.2) is 0 Å². The molecule has 0 heterocycles. The number of halogens is 1. The van der Waals surface area contributed by atoms with Gasteiger partial charge in [0.15, 0.2) is 0 Å². The quantitative estimate of drug-likeness (QED) is 0.874. The highest BCUT2D eigenvalue weighted by Gasteiger charge is 2.11. The van der Waals surface area contributed by atoms with Gasteiger partial charge < -0.3 is 5.73 Å². The maximum atomic E-state index is 6.38. The molecule has 2 N–H and O–H groups in total. The predicted octanol–water partition coefficient (Wildman–Crippen LogP) is 4.62. The van der Waals surface area contributed by atoms with Crippen molar-refractivity contribution in [2.45, 2.75) is 32.7 Å². The molecule has 0 bridgehead atoms. The molecule has 2 aromatic carbocycles. The summed E-state index contributed by atoms with van der Waals surface area (Å²) >= 11 is 3.50. The summed E-state index contributed by atoms with van der Waals surface area (Å²) in [7, 11) is 0. The van der Waals surface area contributed by atoms with Crippen molar-refractivity contribution in [1.82, 2.24) is 0 Å². The maximum absolute atomic E-state index is 6.38.